The Balaban J connectivity index is 4.38. The Hall–Kier alpha value is -4.45. The molecule has 78 heavy (non-hydrogen) atoms. The van der Waals surface area contributed by atoms with Crippen LogP contribution in [-0.2, 0) is 28.6 Å². The molecule has 0 aliphatic rings. The predicted molar refractivity (Wildman–Crippen MR) is 339 cm³/mol. The van der Waals surface area contributed by atoms with E-state index in [4.69, 9.17) is 14.2 Å². The number of allylic oxidation sites excluding steroid dienone is 22. The van der Waals surface area contributed by atoms with Gasteiger partial charge in [-0.1, -0.05) is 283 Å². The van der Waals surface area contributed by atoms with Crippen LogP contribution >= 0.6 is 0 Å². The number of unbranched alkanes of at least 4 members (excludes halogenated alkanes) is 24. The van der Waals surface area contributed by atoms with Gasteiger partial charge in [0.1, 0.15) is 13.2 Å². The topological polar surface area (TPSA) is 78.9 Å². The molecule has 0 aliphatic heterocycles. The van der Waals surface area contributed by atoms with Gasteiger partial charge in [-0.3, -0.25) is 14.4 Å². The van der Waals surface area contributed by atoms with Gasteiger partial charge in [0.25, 0.3) is 0 Å². The third-order valence-electron chi connectivity index (χ3n) is 13.4. The average molecular weight is 1080 g/mol. The molecule has 0 radical (unpaired) electrons. The summed E-state index contributed by atoms with van der Waals surface area (Å²) in [5.74, 6) is -0.924. The van der Waals surface area contributed by atoms with Crippen LogP contribution in [0.2, 0.25) is 0 Å². The second kappa shape index (κ2) is 65.1. The summed E-state index contributed by atoms with van der Waals surface area (Å²) in [6.45, 7) is 6.39. The van der Waals surface area contributed by atoms with Crippen LogP contribution in [0.15, 0.2) is 134 Å². The summed E-state index contributed by atoms with van der Waals surface area (Å²) >= 11 is 0. The fourth-order valence-electron chi connectivity index (χ4n) is 8.65. The van der Waals surface area contributed by atoms with Gasteiger partial charge in [0, 0.05) is 19.3 Å². The highest BCUT2D eigenvalue weighted by Crippen LogP contribution is 2.16. The Morgan fingerprint density at radius 3 is 0.782 bits per heavy atom. The van der Waals surface area contributed by atoms with Crippen LogP contribution in [0, 0.1) is 0 Å². The largest absolute Gasteiger partial charge is 0.462 e. The van der Waals surface area contributed by atoms with Gasteiger partial charge >= 0.3 is 17.9 Å². The quantitative estimate of drug-likeness (QED) is 0.0261. The van der Waals surface area contributed by atoms with Gasteiger partial charge in [-0.15, -0.1) is 0 Å². The van der Waals surface area contributed by atoms with E-state index in [2.05, 4.69) is 154 Å². The molecule has 6 heteroatoms. The lowest BCUT2D eigenvalue weighted by Gasteiger charge is -2.18. The van der Waals surface area contributed by atoms with Crippen molar-refractivity contribution in [3.05, 3.63) is 134 Å². The highest BCUT2D eigenvalue weighted by molar-refractivity contribution is 5.71. The summed E-state index contributed by atoms with van der Waals surface area (Å²) in [6, 6.07) is 0. The molecule has 0 aromatic heterocycles. The van der Waals surface area contributed by atoms with Gasteiger partial charge in [0.15, 0.2) is 6.10 Å². The molecule has 1 atom stereocenters. The molecule has 0 aliphatic carbocycles. The first-order valence-corrected chi connectivity index (χ1v) is 32.2. The van der Waals surface area contributed by atoms with Crippen molar-refractivity contribution in [1.29, 1.82) is 0 Å². The number of rotatable bonds is 57. The van der Waals surface area contributed by atoms with Crippen LogP contribution in [-0.4, -0.2) is 37.2 Å². The lowest BCUT2D eigenvalue weighted by molar-refractivity contribution is -0.167. The average Bonchev–Trinajstić information content (AvgIpc) is 3.44. The highest BCUT2D eigenvalue weighted by Gasteiger charge is 2.19. The van der Waals surface area contributed by atoms with E-state index in [0.717, 1.165) is 148 Å². The molecule has 0 heterocycles. The van der Waals surface area contributed by atoms with E-state index in [0.29, 0.717) is 19.3 Å². The first kappa shape index (κ1) is 73.5. The summed E-state index contributed by atoms with van der Waals surface area (Å²) in [6.07, 6.45) is 91.7. The highest BCUT2D eigenvalue weighted by atomic mass is 16.6. The smallest absolute Gasteiger partial charge is 0.306 e. The lowest BCUT2D eigenvalue weighted by atomic mass is 10.0. The predicted octanol–water partition coefficient (Wildman–Crippen LogP) is 22.2. The minimum atomic E-state index is -0.800. The van der Waals surface area contributed by atoms with Crippen molar-refractivity contribution in [2.45, 2.75) is 290 Å². The van der Waals surface area contributed by atoms with E-state index in [1.54, 1.807) is 0 Å². The summed E-state index contributed by atoms with van der Waals surface area (Å²) in [7, 11) is 0. The number of carbonyl (C=O) groups excluding carboxylic acids is 3. The van der Waals surface area contributed by atoms with Crippen LogP contribution in [0.25, 0.3) is 0 Å². The molecular weight excluding hydrogens is 961 g/mol. The minimum absolute atomic E-state index is 0.0927. The van der Waals surface area contributed by atoms with Gasteiger partial charge < -0.3 is 14.2 Å². The van der Waals surface area contributed by atoms with Crippen molar-refractivity contribution < 1.29 is 28.6 Å². The number of hydrogen-bond donors (Lipinski definition) is 0. The second-order valence-corrected chi connectivity index (χ2v) is 20.9. The van der Waals surface area contributed by atoms with Gasteiger partial charge in [-0.05, 0) is 116 Å². The standard InChI is InChI=1S/C72H118O6/c1-4-7-10-13-16-19-22-25-28-30-31-32-33-34-35-36-37-38-39-40-41-43-44-47-50-53-56-59-62-65-71(74)77-68-69(67-76-70(73)64-61-58-55-52-49-46-27-24-21-18-15-12-9-6-3)78-72(75)66-63-60-57-54-51-48-45-42-29-26-23-20-17-14-11-8-5-2/h7-8,10-11,16-17,19-20,25-26,28-29,31-32,34-35,37-38,40-41,45,48,69H,4-6,9,12-15,18,21-24,27,30,33,36,39,42-44,46-47,49-68H2,1-3H3/b10-7-,11-8-,19-16-,20-17-,28-25-,29-26-,32-31-,35-34-,38-37-,41-40-,48-45-. The molecular formula is C72H118O6. The summed E-state index contributed by atoms with van der Waals surface area (Å²) in [4.78, 5) is 38.3. The second-order valence-electron chi connectivity index (χ2n) is 20.9. The zero-order chi connectivity index (χ0) is 56.4. The van der Waals surface area contributed by atoms with E-state index in [1.807, 2.05) is 0 Å². The molecule has 0 aromatic carbocycles. The van der Waals surface area contributed by atoms with Gasteiger partial charge in [-0.25, -0.2) is 0 Å². The van der Waals surface area contributed by atoms with Crippen LogP contribution in [0.5, 0.6) is 0 Å². The maximum absolute atomic E-state index is 12.9. The summed E-state index contributed by atoms with van der Waals surface area (Å²) in [5.41, 5.74) is 0. The zero-order valence-electron chi connectivity index (χ0n) is 50.6. The Kier molecular flexibility index (Phi) is 61.4. The van der Waals surface area contributed by atoms with E-state index in [-0.39, 0.29) is 31.1 Å². The summed E-state index contributed by atoms with van der Waals surface area (Å²) in [5, 5.41) is 0. The Morgan fingerprint density at radius 2 is 0.500 bits per heavy atom. The van der Waals surface area contributed by atoms with E-state index in [1.165, 1.54) is 96.3 Å². The number of esters is 3. The number of carbonyl (C=O) groups is 3. The third kappa shape index (κ3) is 62.4. The van der Waals surface area contributed by atoms with Crippen molar-refractivity contribution in [1.82, 2.24) is 0 Å². The Morgan fingerprint density at radius 1 is 0.269 bits per heavy atom. The molecule has 6 nitrogen and oxygen atoms in total. The molecule has 0 rings (SSSR count). The molecule has 0 aromatic rings. The molecule has 0 bridgehead atoms. The van der Waals surface area contributed by atoms with Gasteiger partial charge in [0.2, 0.25) is 0 Å². The van der Waals surface area contributed by atoms with E-state index in [9.17, 15) is 14.4 Å². The maximum atomic E-state index is 12.9. The zero-order valence-corrected chi connectivity index (χ0v) is 50.6. The molecule has 0 saturated carbocycles. The van der Waals surface area contributed by atoms with Crippen LogP contribution < -0.4 is 0 Å². The first-order chi connectivity index (χ1) is 38.5. The minimum Gasteiger partial charge on any atom is -0.462 e. The van der Waals surface area contributed by atoms with Crippen molar-refractivity contribution in [3.63, 3.8) is 0 Å². The van der Waals surface area contributed by atoms with E-state index >= 15 is 0 Å². The SMILES string of the molecule is CC/C=C\C/C=C\C/C=C\C/C=C\C/C=C\C/C=C\C/C=C\CCCCCCCCCC(=O)OCC(COC(=O)CCCCCCCCCCCCCCCC)OC(=O)CCCCCC/C=C\C/C=C\C/C=C\C/C=C\CC. The van der Waals surface area contributed by atoms with Gasteiger partial charge in [0.05, 0.1) is 0 Å². The van der Waals surface area contributed by atoms with Crippen LogP contribution in [0.1, 0.15) is 284 Å². The maximum Gasteiger partial charge on any atom is 0.306 e. The Bertz CT molecular complexity index is 1670. The van der Waals surface area contributed by atoms with Crippen molar-refractivity contribution in [3.8, 4) is 0 Å². The summed E-state index contributed by atoms with van der Waals surface area (Å²) < 4.78 is 16.9. The Labute approximate surface area is 481 Å². The van der Waals surface area contributed by atoms with Crippen molar-refractivity contribution >= 4 is 17.9 Å². The molecule has 0 spiro atoms. The fourth-order valence-corrected chi connectivity index (χ4v) is 8.65. The van der Waals surface area contributed by atoms with Crippen molar-refractivity contribution in [2.75, 3.05) is 13.2 Å². The molecule has 0 N–H and O–H groups in total. The van der Waals surface area contributed by atoms with Crippen LogP contribution in [0.3, 0.4) is 0 Å². The van der Waals surface area contributed by atoms with Crippen LogP contribution in [0.4, 0.5) is 0 Å². The van der Waals surface area contributed by atoms with Gasteiger partial charge in [-0.2, -0.15) is 0 Å². The lowest BCUT2D eigenvalue weighted by Crippen LogP contribution is -2.30. The first-order valence-electron chi connectivity index (χ1n) is 32.2. The normalized spacial score (nSPS) is 13.0. The number of ether oxygens (including phenoxy) is 3. The van der Waals surface area contributed by atoms with E-state index < -0.39 is 6.10 Å². The third-order valence-corrected chi connectivity index (χ3v) is 13.4. The number of hydrogen-bond acceptors (Lipinski definition) is 6. The molecule has 0 amide bonds. The molecule has 1 unspecified atom stereocenters. The fraction of sp³-hybridized carbons (Fsp3) is 0.653. The molecule has 0 saturated heterocycles. The van der Waals surface area contributed by atoms with Crippen molar-refractivity contribution in [2.24, 2.45) is 0 Å². The molecule has 442 valence electrons. The molecule has 0 fully saturated rings. The monoisotopic (exact) mass is 1080 g/mol.